The Labute approximate surface area is 159 Å². The van der Waals surface area contributed by atoms with Crippen LogP contribution in [0.5, 0.6) is 0 Å². The minimum atomic E-state index is -0.534. The molecule has 0 aromatic carbocycles. The number of hydrogen-bond donors (Lipinski definition) is 1. The van der Waals surface area contributed by atoms with Gasteiger partial charge in [0, 0.05) is 4.88 Å². The molecule has 1 aliphatic carbocycles. The van der Waals surface area contributed by atoms with Gasteiger partial charge < -0.3 is 14.8 Å². The van der Waals surface area contributed by atoms with Gasteiger partial charge in [0.05, 0.1) is 12.2 Å². The first-order valence-electron chi connectivity index (χ1n) is 8.31. The number of carbonyl (C=O) groups excluding carboxylic acids is 3. The van der Waals surface area contributed by atoms with E-state index in [0.717, 1.165) is 23.3 Å². The highest BCUT2D eigenvalue weighted by Gasteiger charge is 2.32. The summed E-state index contributed by atoms with van der Waals surface area (Å²) in [6.45, 7) is 3.49. The summed E-state index contributed by atoms with van der Waals surface area (Å²) < 4.78 is 10.2. The molecule has 0 spiro atoms. The minimum Gasteiger partial charge on any atom is -0.462 e. The molecule has 1 aliphatic rings. The van der Waals surface area contributed by atoms with Gasteiger partial charge in [-0.05, 0) is 55.7 Å². The number of amides is 1. The van der Waals surface area contributed by atoms with E-state index >= 15 is 0 Å². The molecule has 2 heterocycles. The van der Waals surface area contributed by atoms with Crippen molar-refractivity contribution in [1.29, 1.82) is 0 Å². The predicted octanol–water partition coefficient (Wildman–Crippen LogP) is 3.97. The van der Waals surface area contributed by atoms with Crippen LogP contribution in [-0.4, -0.2) is 31.1 Å². The van der Waals surface area contributed by atoms with Crippen LogP contribution in [0.15, 0.2) is 17.5 Å². The standard InChI is InChI=1S/C18H19NO5S2/c1-3-23-18(22)15-12(11-5-6-11)9-25-16(15)19-14(20)8-24-17(21)13-7-4-10(2)26-13/h4,7,9,11H,3,5-6,8H2,1-2H3,(H,19,20). The van der Waals surface area contributed by atoms with E-state index < -0.39 is 24.5 Å². The zero-order valence-corrected chi connectivity index (χ0v) is 16.1. The van der Waals surface area contributed by atoms with Gasteiger partial charge in [0.2, 0.25) is 0 Å². The Balaban J connectivity index is 1.63. The van der Waals surface area contributed by atoms with Crippen molar-refractivity contribution in [3.8, 4) is 0 Å². The van der Waals surface area contributed by atoms with Gasteiger partial charge in [-0.2, -0.15) is 0 Å². The second-order valence-electron chi connectivity index (χ2n) is 5.92. The van der Waals surface area contributed by atoms with E-state index in [-0.39, 0.29) is 6.61 Å². The van der Waals surface area contributed by atoms with Crippen molar-refractivity contribution in [2.45, 2.75) is 32.6 Å². The van der Waals surface area contributed by atoms with Gasteiger partial charge >= 0.3 is 11.9 Å². The average Bonchev–Trinajstić information content (AvgIpc) is 3.23. The molecule has 1 fully saturated rings. The largest absolute Gasteiger partial charge is 0.462 e. The molecule has 0 aliphatic heterocycles. The molecule has 2 aromatic rings. The molecule has 0 atom stereocenters. The summed E-state index contributed by atoms with van der Waals surface area (Å²) in [5, 5.41) is 5.00. The Morgan fingerprint density at radius 2 is 1.96 bits per heavy atom. The fourth-order valence-electron chi connectivity index (χ4n) is 2.48. The summed E-state index contributed by atoms with van der Waals surface area (Å²) in [7, 11) is 0. The van der Waals surface area contributed by atoms with Crippen LogP contribution in [0, 0.1) is 6.92 Å². The maximum atomic E-state index is 12.3. The van der Waals surface area contributed by atoms with E-state index in [9.17, 15) is 14.4 Å². The maximum absolute atomic E-state index is 12.3. The first-order chi connectivity index (χ1) is 12.5. The molecule has 138 valence electrons. The molecule has 0 radical (unpaired) electrons. The van der Waals surface area contributed by atoms with Gasteiger partial charge in [0.15, 0.2) is 6.61 Å². The van der Waals surface area contributed by atoms with Crippen molar-refractivity contribution in [3.63, 3.8) is 0 Å². The SMILES string of the molecule is CCOC(=O)c1c(C2CC2)csc1NC(=O)COC(=O)c1ccc(C)s1. The lowest BCUT2D eigenvalue weighted by Crippen LogP contribution is -2.21. The van der Waals surface area contributed by atoms with E-state index in [0.29, 0.717) is 21.4 Å². The monoisotopic (exact) mass is 393 g/mol. The third-order valence-corrected chi connectivity index (χ3v) is 5.74. The van der Waals surface area contributed by atoms with Crippen molar-refractivity contribution < 1.29 is 23.9 Å². The molecule has 1 saturated carbocycles. The molecule has 0 unspecified atom stereocenters. The molecular formula is C18H19NO5S2. The number of anilines is 1. The second-order valence-corrected chi connectivity index (χ2v) is 8.09. The summed E-state index contributed by atoms with van der Waals surface area (Å²) in [5.41, 5.74) is 1.35. The van der Waals surface area contributed by atoms with Crippen molar-refractivity contribution in [1.82, 2.24) is 0 Å². The Morgan fingerprint density at radius 3 is 2.58 bits per heavy atom. The minimum absolute atomic E-state index is 0.268. The van der Waals surface area contributed by atoms with Crippen molar-refractivity contribution >= 4 is 45.5 Å². The van der Waals surface area contributed by atoms with Crippen molar-refractivity contribution in [2.24, 2.45) is 0 Å². The normalized spacial score (nSPS) is 13.3. The van der Waals surface area contributed by atoms with Gasteiger partial charge in [-0.15, -0.1) is 22.7 Å². The second kappa shape index (κ2) is 8.01. The van der Waals surface area contributed by atoms with E-state index in [4.69, 9.17) is 9.47 Å². The van der Waals surface area contributed by atoms with Crippen LogP contribution in [0.4, 0.5) is 5.00 Å². The van der Waals surface area contributed by atoms with Gasteiger partial charge in [0.25, 0.3) is 5.91 Å². The van der Waals surface area contributed by atoms with Crippen molar-refractivity contribution in [3.05, 3.63) is 38.4 Å². The number of ether oxygens (including phenoxy) is 2. The molecule has 8 heteroatoms. The van der Waals surface area contributed by atoms with Crippen LogP contribution in [0.3, 0.4) is 0 Å². The van der Waals surface area contributed by atoms with Gasteiger partial charge in [-0.1, -0.05) is 0 Å². The fourth-order valence-corrected chi connectivity index (χ4v) is 4.29. The number of esters is 2. The Bertz CT molecular complexity index is 835. The summed E-state index contributed by atoms with van der Waals surface area (Å²) in [6, 6.07) is 3.48. The number of rotatable bonds is 7. The predicted molar refractivity (Wildman–Crippen MR) is 100 cm³/mol. The number of nitrogens with one attached hydrogen (secondary N) is 1. The number of aryl methyl sites for hydroxylation is 1. The van der Waals surface area contributed by atoms with E-state index in [1.807, 2.05) is 18.4 Å². The van der Waals surface area contributed by atoms with Gasteiger partial charge in [-0.3, -0.25) is 4.79 Å². The van der Waals surface area contributed by atoms with Gasteiger partial charge in [-0.25, -0.2) is 9.59 Å². The Morgan fingerprint density at radius 1 is 1.19 bits per heavy atom. The summed E-state index contributed by atoms with van der Waals surface area (Å²) in [6.07, 6.45) is 2.07. The molecule has 1 amide bonds. The van der Waals surface area contributed by atoms with Crippen LogP contribution < -0.4 is 5.32 Å². The van der Waals surface area contributed by atoms with E-state index in [1.165, 1.54) is 22.7 Å². The molecule has 0 bridgehead atoms. The summed E-state index contributed by atoms with van der Waals surface area (Å²) in [4.78, 5) is 37.8. The molecule has 2 aromatic heterocycles. The third-order valence-electron chi connectivity index (χ3n) is 3.85. The highest BCUT2D eigenvalue weighted by molar-refractivity contribution is 7.15. The molecular weight excluding hydrogens is 374 g/mol. The van der Waals surface area contributed by atoms with Crippen molar-refractivity contribution in [2.75, 3.05) is 18.5 Å². The first-order valence-corrected chi connectivity index (χ1v) is 10.0. The fraction of sp³-hybridized carbons (Fsp3) is 0.389. The number of thiophene rings is 2. The van der Waals surface area contributed by atoms with Crippen LogP contribution in [0.2, 0.25) is 0 Å². The first kappa shape index (κ1) is 18.6. The highest BCUT2D eigenvalue weighted by Crippen LogP contribution is 2.46. The lowest BCUT2D eigenvalue weighted by atomic mass is 10.1. The number of hydrogen-bond acceptors (Lipinski definition) is 7. The topological polar surface area (TPSA) is 81.7 Å². The smallest absolute Gasteiger partial charge is 0.348 e. The van der Waals surface area contributed by atoms with Gasteiger partial charge in [0.1, 0.15) is 9.88 Å². The molecule has 1 N–H and O–H groups in total. The average molecular weight is 393 g/mol. The van der Waals surface area contributed by atoms with E-state index in [2.05, 4.69) is 5.32 Å². The molecule has 26 heavy (non-hydrogen) atoms. The molecule has 3 rings (SSSR count). The van der Waals surface area contributed by atoms with Crippen LogP contribution in [-0.2, 0) is 14.3 Å². The van der Waals surface area contributed by atoms with Crippen LogP contribution in [0.1, 0.15) is 56.2 Å². The molecule has 0 saturated heterocycles. The third kappa shape index (κ3) is 4.31. The van der Waals surface area contributed by atoms with Crippen LogP contribution >= 0.6 is 22.7 Å². The number of carbonyl (C=O) groups is 3. The zero-order valence-electron chi connectivity index (χ0n) is 14.5. The Hall–Kier alpha value is -2.19. The summed E-state index contributed by atoms with van der Waals surface area (Å²) >= 11 is 2.60. The molecule has 6 nitrogen and oxygen atoms in total. The van der Waals surface area contributed by atoms with E-state index in [1.54, 1.807) is 13.0 Å². The summed E-state index contributed by atoms with van der Waals surface area (Å²) in [5.74, 6) is -1.09. The lowest BCUT2D eigenvalue weighted by molar-refractivity contribution is -0.119. The quantitative estimate of drug-likeness (QED) is 0.720. The highest BCUT2D eigenvalue weighted by atomic mass is 32.1. The van der Waals surface area contributed by atoms with Crippen LogP contribution in [0.25, 0.3) is 0 Å². The Kier molecular flexibility index (Phi) is 5.73. The lowest BCUT2D eigenvalue weighted by Gasteiger charge is -2.08. The zero-order chi connectivity index (χ0) is 18.7. The maximum Gasteiger partial charge on any atom is 0.348 e.